The highest BCUT2D eigenvalue weighted by molar-refractivity contribution is 6.39. The van der Waals surface area contributed by atoms with Gasteiger partial charge in [0.05, 0.1) is 0 Å². The monoisotopic (exact) mass is 246 g/mol. The molecule has 0 bridgehead atoms. The molecule has 1 aliphatic rings. The van der Waals surface area contributed by atoms with E-state index in [1.807, 2.05) is 6.92 Å². The maximum atomic E-state index is 13.8. The molecule has 5 heteroatoms. The van der Waals surface area contributed by atoms with Crippen LogP contribution in [-0.4, -0.2) is 21.1 Å². The summed E-state index contributed by atoms with van der Waals surface area (Å²) in [6.07, 6.45) is 3.02. The van der Waals surface area contributed by atoms with Crippen LogP contribution in [0.25, 0.3) is 0 Å². The third-order valence-electron chi connectivity index (χ3n) is 3.10. The molecule has 92 valence electrons. The molecule has 1 aromatic rings. The second-order valence-electron chi connectivity index (χ2n) is 4.86. The molecular formula is C13H14B2F2O. The first-order valence-corrected chi connectivity index (χ1v) is 6.18. The third kappa shape index (κ3) is 2.88. The van der Waals surface area contributed by atoms with Crippen molar-refractivity contribution in [1.29, 1.82) is 0 Å². The van der Waals surface area contributed by atoms with Crippen LogP contribution >= 0.6 is 0 Å². The molecular weight excluding hydrogens is 232 g/mol. The Morgan fingerprint density at radius 1 is 1.33 bits per heavy atom. The number of hydrogen-bond acceptors (Lipinski definition) is 1. The summed E-state index contributed by atoms with van der Waals surface area (Å²) in [5, 5.41) is -1.37. The largest absolute Gasteiger partial charge is 0.503 e. The average Bonchev–Trinajstić information content (AvgIpc) is 3.07. The minimum Gasteiger partial charge on any atom is -0.503 e. The first kappa shape index (κ1) is 13.4. The number of halogens is 2. The minimum absolute atomic E-state index is 0.0184. The number of ether oxygens (including phenoxy) is 1. The smallest absolute Gasteiger partial charge is 0.168 e. The van der Waals surface area contributed by atoms with E-state index in [0.29, 0.717) is 12.0 Å². The van der Waals surface area contributed by atoms with Gasteiger partial charge in [0, 0.05) is 17.0 Å². The SMILES string of the molecule is [B]C([B])(Oc1c(F)cc(F)cc1CCC)C1CC1. The Hall–Kier alpha value is -0.990. The molecule has 0 aromatic heterocycles. The molecule has 0 N–H and O–H groups in total. The van der Waals surface area contributed by atoms with Gasteiger partial charge in [0.2, 0.25) is 0 Å². The zero-order chi connectivity index (χ0) is 13.3. The van der Waals surface area contributed by atoms with E-state index in [-0.39, 0.29) is 11.7 Å². The lowest BCUT2D eigenvalue weighted by atomic mass is 9.62. The molecule has 0 spiro atoms. The van der Waals surface area contributed by atoms with E-state index in [2.05, 4.69) is 0 Å². The van der Waals surface area contributed by atoms with Crippen molar-refractivity contribution in [3.05, 3.63) is 29.3 Å². The summed E-state index contributed by atoms with van der Waals surface area (Å²) in [5.74, 6) is -1.35. The van der Waals surface area contributed by atoms with Crippen molar-refractivity contribution in [2.45, 2.75) is 38.0 Å². The van der Waals surface area contributed by atoms with Gasteiger partial charge in [0.25, 0.3) is 0 Å². The molecule has 0 amide bonds. The second kappa shape index (κ2) is 4.94. The Bertz CT molecular complexity index is 445. The van der Waals surface area contributed by atoms with Gasteiger partial charge in [-0.2, -0.15) is 0 Å². The van der Waals surface area contributed by atoms with Crippen LogP contribution in [0.2, 0.25) is 0 Å². The summed E-state index contributed by atoms with van der Waals surface area (Å²) in [6, 6.07) is 2.06. The van der Waals surface area contributed by atoms with Crippen molar-refractivity contribution in [1.82, 2.24) is 0 Å². The molecule has 2 rings (SSSR count). The van der Waals surface area contributed by atoms with E-state index in [1.54, 1.807) is 0 Å². The van der Waals surface area contributed by atoms with E-state index in [4.69, 9.17) is 20.4 Å². The van der Waals surface area contributed by atoms with Crippen molar-refractivity contribution in [2.24, 2.45) is 5.92 Å². The second-order valence-corrected chi connectivity index (χ2v) is 4.86. The van der Waals surface area contributed by atoms with Gasteiger partial charge >= 0.3 is 0 Å². The van der Waals surface area contributed by atoms with Crippen molar-refractivity contribution in [3.63, 3.8) is 0 Å². The van der Waals surface area contributed by atoms with E-state index in [0.717, 1.165) is 25.3 Å². The average molecular weight is 246 g/mol. The van der Waals surface area contributed by atoms with Gasteiger partial charge in [-0.3, -0.25) is 0 Å². The molecule has 0 heterocycles. The first-order chi connectivity index (χ1) is 8.44. The third-order valence-corrected chi connectivity index (χ3v) is 3.10. The Balaban J connectivity index is 2.30. The summed E-state index contributed by atoms with van der Waals surface area (Å²) in [4.78, 5) is 0. The highest BCUT2D eigenvalue weighted by Gasteiger charge is 2.39. The molecule has 1 aliphatic carbocycles. The standard InChI is InChI=1S/C13H14B2F2O/c1-2-3-8-6-10(16)7-11(17)12(8)18-13(14,15)9-4-5-9/h6-7,9H,2-5H2,1H3. The van der Waals surface area contributed by atoms with Crippen molar-refractivity contribution < 1.29 is 13.5 Å². The van der Waals surface area contributed by atoms with E-state index in [9.17, 15) is 8.78 Å². The van der Waals surface area contributed by atoms with Gasteiger partial charge in [-0.15, -0.1) is 0 Å². The lowest BCUT2D eigenvalue weighted by Crippen LogP contribution is -2.40. The molecule has 0 unspecified atom stereocenters. The Morgan fingerprint density at radius 2 is 2.00 bits per heavy atom. The van der Waals surface area contributed by atoms with Gasteiger partial charge in [0.1, 0.15) is 21.5 Å². The van der Waals surface area contributed by atoms with Gasteiger partial charge < -0.3 is 4.74 Å². The summed E-state index contributed by atoms with van der Waals surface area (Å²) in [5.41, 5.74) is 0.468. The van der Waals surface area contributed by atoms with Crippen LogP contribution in [0.1, 0.15) is 31.7 Å². The van der Waals surface area contributed by atoms with Crippen LogP contribution in [0.15, 0.2) is 12.1 Å². The molecule has 1 saturated carbocycles. The van der Waals surface area contributed by atoms with Gasteiger partial charge in [0.15, 0.2) is 11.6 Å². The Labute approximate surface area is 109 Å². The minimum atomic E-state index is -1.37. The molecule has 1 fully saturated rings. The Kier molecular flexibility index (Phi) is 3.69. The van der Waals surface area contributed by atoms with Gasteiger partial charge in [-0.05, 0) is 31.2 Å². The van der Waals surface area contributed by atoms with Crippen LogP contribution in [0.5, 0.6) is 5.75 Å². The summed E-state index contributed by atoms with van der Waals surface area (Å²) in [7, 11) is 11.6. The number of rotatable bonds is 5. The van der Waals surface area contributed by atoms with Crippen molar-refractivity contribution in [3.8, 4) is 5.75 Å². The topological polar surface area (TPSA) is 9.23 Å². The number of aryl methyl sites for hydroxylation is 1. The molecule has 0 saturated heterocycles. The van der Waals surface area contributed by atoms with Crippen LogP contribution in [-0.2, 0) is 6.42 Å². The maximum absolute atomic E-state index is 13.8. The molecule has 1 nitrogen and oxygen atoms in total. The fourth-order valence-corrected chi connectivity index (χ4v) is 1.98. The lowest BCUT2D eigenvalue weighted by molar-refractivity contribution is 0.204. The fourth-order valence-electron chi connectivity index (χ4n) is 1.98. The fraction of sp³-hybridized carbons (Fsp3) is 0.538. The Morgan fingerprint density at radius 3 is 2.56 bits per heavy atom. The van der Waals surface area contributed by atoms with E-state index in [1.165, 1.54) is 6.07 Å². The quantitative estimate of drug-likeness (QED) is 0.725. The van der Waals surface area contributed by atoms with Crippen LogP contribution in [0, 0.1) is 17.6 Å². The predicted molar refractivity (Wildman–Crippen MR) is 67.9 cm³/mol. The lowest BCUT2D eigenvalue weighted by Gasteiger charge is -2.29. The first-order valence-electron chi connectivity index (χ1n) is 6.18. The number of benzene rings is 1. The molecule has 4 radical (unpaired) electrons. The van der Waals surface area contributed by atoms with Gasteiger partial charge in [-0.1, -0.05) is 13.3 Å². The summed E-state index contributed by atoms with van der Waals surface area (Å²) >= 11 is 0. The summed E-state index contributed by atoms with van der Waals surface area (Å²) in [6.45, 7) is 1.92. The zero-order valence-electron chi connectivity index (χ0n) is 10.4. The number of hydrogen-bond donors (Lipinski definition) is 0. The van der Waals surface area contributed by atoms with Crippen LogP contribution < -0.4 is 4.74 Å². The normalized spacial score (nSPS) is 15.7. The van der Waals surface area contributed by atoms with Crippen LogP contribution in [0.3, 0.4) is 0 Å². The summed E-state index contributed by atoms with van der Waals surface area (Å²) < 4.78 is 32.4. The van der Waals surface area contributed by atoms with Gasteiger partial charge in [-0.25, -0.2) is 8.78 Å². The predicted octanol–water partition coefficient (Wildman–Crippen LogP) is 2.70. The molecule has 0 atom stereocenters. The van der Waals surface area contributed by atoms with Crippen LogP contribution in [0.4, 0.5) is 8.78 Å². The molecule has 18 heavy (non-hydrogen) atoms. The van der Waals surface area contributed by atoms with E-state index < -0.39 is 17.0 Å². The van der Waals surface area contributed by atoms with Crippen molar-refractivity contribution in [2.75, 3.05) is 0 Å². The molecule has 0 aliphatic heterocycles. The highest BCUT2D eigenvalue weighted by atomic mass is 19.1. The van der Waals surface area contributed by atoms with Crippen molar-refractivity contribution >= 4 is 15.7 Å². The molecule has 1 aromatic carbocycles. The zero-order valence-corrected chi connectivity index (χ0v) is 10.4. The van der Waals surface area contributed by atoms with E-state index >= 15 is 0 Å². The maximum Gasteiger partial charge on any atom is 0.168 e. The highest BCUT2D eigenvalue weighted by Crippen LogP contribution is 2.40.